The Hall–Kier alpha value is -3.35. The predicted molar refractivity (Wildman–Crippen MR) is 121 cm³/mol. The monoisotopic (exact) mass is 421 g/mol. The summed E-state index contributed by atoms with van der Waals surface area (Å²) in [6.45, 7) is 4.98. The van der Waals surface area contributed by atoms with Gasteiger partial charge in [-0.2, -0.15) is 5.10 Å². The Balaban J connectivity index is 1.73. The molecule has 0 aliphatic rings. The summed E-state index contributed by atoms with van der Waals surface area (Å²) < 4.78 is 3.53. The van der Waals surface area contributed by atoms with Gasteiger partial charge in [-0.25, -0.2) is 0 Å². The van der Waals surface area contributed by atoms with Crippen LogP contribution >= 0.6 is 0 Å². The summed E-state index contributed by atoms with van der Waals surface area (Å²) >= 11 is 0. The summed E-state index contributed by atoms with van der Waals surface area (Å²) in [4.78, 5) is 27.5. The molecule has 7 nitrogen and oxygen atoms in total. The maximum absolute atomic E-state index is 13.3. The molecule has 31 heavy (non-hydrogen) atoms. The molecule has 0 fully saturated rings. The third kappa shape index (κ3) is 5.42. The van der Waals surface area contributed by atoms with Gasteiger partial charge < -0.3 is 14.8 Å². The van der Waals surface area contributed by atoms with Crippen LogP contribution in [0.15, 0.2) is 54.7 Å². The fraction of sp³-hybridized carbons (Fsp3) is 0.375. The number of nitrogens with one attached hydrogen (secondary N) is 1. The molecule has 1 N–H and O–H groups in total. The van der Waals surface area contributed by atoms with Crippen molar-refractivity contribution in [2.45, 2.75) is 39.3 Å². The van der Waals surface area contributed by atoms with Crippen molar-refractivity contribution in [2.75, 3.05) is 13.6 Å². The van der Waals surface area contributed by atoms with Gasteiger partial charge in [0.05, 0.1) is 5.69 Å². The summed E-state index contributed by atoms with van der Waals surface area (Å²) in [5, 5.41) is 7.39. The van der Waals surface area contributed by atoms with Gasteiger partial charge in [0.15, 0.2) is 0 Å². The zero-order valence-electron chi connectivity index (χ0n) is 18.7. The lowest BCUT2D eigenvalue weighted by Gasteiger charge is -2.29. The van der Waals surface area contributed by atoms with Crippen molar-refractivity contribution in [1.82, 2.24) is 24.6 Å². The minimum Gasteiger partial charge on any atom is -0.351 e. The van der Waals surface area contributed by atoms with E-state index in [-0.39, 0.29) is 17.9 Å². The first-order valence-corrected chi connectivity index (χ1v) is 10.7. The van der Waals surface area contributed by atoms with Crippen molar-refractivity contribution in [3.05, 3.63) is 77.4 Å². The van der Waals surface area contributed by atoms with E-state index in [1.54, 1.807) is 20.2 Å². The van der Waals surface area contributed by atoms with Gasteiger partial charge in [-0.15, -0.1) is 0 Å². The van der Waals surface area contributed by atoms with Gasteiger partial charge in [-0.05, 0) is 50.5 Å². The molecule has 1 unspecified atom stereocenters. The average Bonchev–Trinajstić information content (AvgIpc) is 3.37. The number of carbonyl (C=O) groups is 2. The lowest BCUT2D eigenvalue weighted by atomic mass is 10.0. The van der Waals surface area contributed by atoms with E-state index in [0.717, 1.165) is 11.3 Å². The summed E-state index contributed by atoms with van der Waals surface area (Å²) in [6.07, 6.45) is 3.20. The zero-order chi connectivity index (χ0) is 22.4. The third-order valence-electron chi connectivity index (χ3n) is 5.54. The van der Waals surface area contributed by atoms with E-state index in [0.29, 0.717) is 37.3 Å². The second kappa shape index (κ2) is 10.1. The van der Waals surface area contributed by atoms with Crippen molar-refractivity contribution >= 4 is 11.8 Å². The Kier molecular flexibility index (Phi) is 7.28. The summed E-state index contributed by atoms with van der Waals surface area (Å²) in [7, 11) is 3.68. The maximum Gasteiger partial charge on any atom is 0.272 e. The van der Waals surface area contributed by atoms with Crippen LogP contribution in [-0.2, 0) is 20.0 Å². The van der Waals surface area contributed by atoms with Gasteiger partial charge in [0, 0.05) is 39.4 Å². The maximum atomic E-state index is 13.3. The highest BCUT2D eigenvalue weighted by atomic mass is 16.2. The average molecular weight is 422 g/mol. The first-order valence-electron chi connectivity index (χ1n) is 10.7. The predicted octanol–water partition coefficient (Wildman–Crippen LogP) is 3.05. The Morgan fingerprint density at radius 3 is 2.52 bits per heavy atom. The van der Waals surface area contributed by atoms with Crippen LogP contribution in [0.4, 0.5) is 0 Å². The highest BCUT2D eigenvalue weighted by Gasteiger charge is 2.24. The number of hydrogen-bond acceptors (Lipinski definition) is 3. The van der Waals surface area contributed by atoms with Gasteiger partial charge in [-0.3, -0.25) is 14.3 Å². The van der Waals surface area contributed by atoms with Crippen LogP contribution in [-0.4, -0.2) is 50.7 Å². The molecule has 3 aromatic rings. The molecule has 0 radical (unpaired) electrons. The highest BCUT2D eigenvalue weighted by Crippen LogP contribution is 2.15. The molecule has 0 spiro atoms. The standard InChI is InChI=1S/C24H31N5O2/c1-5-29-22(16-18(2)26-29)24(31)28(4)20(17-19-10-7-6-8-11-19)13-14-25-23(30)21-12-9-15-27(21)3/h6-12,15-16,20H,5,13-14,17H2,1-4H3,(H,25,30). The lowest BCUT2D eigenvalue weighted by Crippen LogP contribution is -2.41. The number of hydrogen-bond donors (Lipinski definition) is 1. The Labute approximate surface area is 183 Å². The smallest absolute Gasteiger partial charge is 0.272 e. The van der Waals surface area contributed by atoms with Crippen LogP contribution < -0.4 is 5.32 Å². The van der Waals surface area contributed by atoms with Crippen LogP contribution in [0, 0.1) is 6.92 Å². The second-order valence-electron chi connectivity index (χ2n) is 7.80. The summed E-state index contributed by atoms with van der Waals surface area (Å²) in [5.41, 5.74) is 3.19. The van der Waals surface area contributed by atoms with E-state index < -0.39 is 0 Å². The minimum absolute atomic E-state index is 0.0582. The largest absolute Gasteiger partial charge is 0.351 e. The number of carbonyl (C=O) groups excluding carboxylic acids is 2. The van der Waals surface area contributed by atoms with Gasteiger partial charge in [0.25, 0.3) is 11.8 Å². The number of aryl methyl sites for hydroxylation is 3. The normalized spacial score (nSPS) is 11.9. The molecule has 164 valence electrons. The van der Waals surface area contributed by atoms with Crippen molar-refractivity contribution in [2.24, 2.45) is 7.05 Å². The van der Waals surface area contributed by atoms with E-state index in [2.05, 4.69) is 22.5 Å². The number of aromatic nitrogens is 3. The first-order chi connectivity index (χ1) is 14.9. The van der Waals surface area contributed by atoms with Gasteiger partial charge in [0.2, 0.25) is 0 Å². The zero-order valence-corrected chi connectivity index (χ0v) is 18.7. The van der Waals surface area contributed by atoms with Crippen molar-refractivity contribution in [3.63, 3.8) is 0 Å². The van der Waals surface area contributed by atoms with Gasteiger partial charge in [0.1, 0.15) is 11.4 Å². The Morgan fingerprint density at radius 2 is 1.87 bits per heavy atom. The number of rotatable bonds is 9. The molecule has 0 saturated carbocycles. The number of nitrogens with zero attached hydrogens (tertiary/aromatic N) is 4. The van der Waals surface area contributed by atoms with E-state index in [1.807, 2.05) is 64.5 Å². The molecule has 1 atom stereocenters. The quantitative estimate of drug-likeness (QED) is 0.577. The molecule has 2 amide bonds. The molecule has 7 heteroatoms. The second-order valence-corrected chi connectivity index (χ2v) is 7.80. The molecule has 0 aliphatic carbocycles. The van der Waals surface area contributed by atoms with Crippen LogP contribution in [0.1, 0.15) is 45.6 Å². The van der Waals surface area contributed by atoms with E-state index in [4.69, 9.17) is 0 Å². The first kappa shape index (κ1) is 22.3. The van der Waals surface area contributed by atoms with E-state index in [1.165, 1.54) is 0 Å². The highest BCUT2D eigenvalue weighted by molar-refractivity contribution is 5.93. The van der Waals surface area contributed by atoms with Crippen LogP contribution in [0.25, 0.3) is 0 Å². The van der Waals surface area contributed by atoms with Crippen molar-refractivity contribution < 1.29 is 9.59 Å². The molecule has 0 bridgehead atoms. The van der Waals surface area contributed by atoms with Gasteiger partial charge >= 0.3 is 0 Å². The molecular formula is C24H31N5O2. The van der Waals surface area contributed by atoms with Crippen LogP contribution in [0.3, 0.4) is 0 Å². The minimum atomic E-state index is -0.111. The Morgan fingerprint density at radius 1 is 1.13 bits per heavy atom. The topological polar surface area (TPSA) is 72.2 Å². The van der Waals surface area contributed by atoms with Crippen LogP contribution in [0.2, 0.25) is 0 Å². The molecule has 3 rings (SSSR count). The molecule has 2 aromatic heterocycles. The molecule has 0 saturated heterocycles. The third-order valence-corrected chi connectivity index (χ3v) is 5.54. The van der Waals surface area contributed by atoms with Crippen LogP contribution in [0.5, 0.6) is 0 Å². The van der Waals surface area contributed by atoms with Crippen molar-refractivity contribution in [1.29, 1.82) is 0 Å². The lowest BCUT2D eigenvalue weighted by molar-refractivity contribution is 0.0710. The molecule has 0 aliphatic heterocycles. The molecule has 2 heterocycles. The number of likely N-dealkylation sites (N-methyl/N-ethyl adjacent to an activating group) is 1. The molecular weight excluding hydrogens is 390 g/mol. The fourth-order valence-corrected chi connectivity index (χ4v) is 3.76. The van der Waals surface area contributed by atoms with Crippen molar-refractivity contribution in [3.8, 4) is 0 Å². The molecule has 1 aromatic carbocycles. The van der Waals surface area contributed by atoms with E-state index >= 15 is 0 Å². The Bertz CT molecular complexity index is 1020. The fourth-order valence-electron chi connectivity index (χ4n) is 3.76. The number of amides is 2. The number of benzene rings is 1. The van der Waals surface area contributed by atoms with Gasteiger partial charge in [-0.1, -0.05) is 30.3 Å². The SMILES string of the molecule is CCn1nc(C)cc1C(=O)N(C)C(CCNC(=O)c1cccn1C)Cc1ccccc1. The van der Waals surface area contributed by atoms with E-state index in [9.17, 15) is 9.59 Å². The summed E-state index contributed by atoms with van der Waals surface area (Å²) in [5.74, 6) is -0.170. The summed E-state index contributed by atoms with van der Waals surface area (Å²) in [6, 6.07) is 15.5.